The van der Waals surface area contributed by atoms with Crippen molar-refractivity contribution in [3.63, 3.8) is 0 Å². The molecule has 1 aliphatic rings. The first-order valence-corrected chi connectivity index (χ1v) is 5.00. The minimum atomic E-state index is -0.0213. The van der Waals surface area contributed by atoms with E-state index < -0.39 is 0 Å². The average Bonchev–Trinajstić information content (AvgIpc) is 1.97. The largest absolute Gasteiger partial charge is 0.299 e. The number of carbonyl (C=O) groups excluding carboxylic acids is 1. The molecule has 2 atom stereocenters. The van der Waals surface area contributed by atoms with E-state index in [0.717, 1.165) is 12.8 Å². The standard InChI is InChI=1S/C11H20O/c1-8(2)11(4)6-5-9(3)7-10(11)12/h8-9H,5-7H2,1-4H3/t9-,11-/m1/s1. The minimum absolute atomic E-state index is 0.0213. The molecular weight excluding hydrogens is 148 g/mol. The van der Waals surface area contributed by atoms with Crippen molar-refractivity contribution in [1.29, 1.82) is 0 Å². The Morgan fingerprint density at radius 1 is 1.50 bits per heavy atom. The molecule has 0 unspecified atom stereocenters. The number of carbonyl (C=O) groups is 1. The molecule has 0 aromatic carbocycles. The van der Waals surface area contributed by atoms with Gasteiger partial charge in [-0.05, 0) is 24.7 Å². The maximum Gasteiger partial charge on any atom is 0.139 e. The summed E-state index contributed by atoms with van der Waals surface area (Å²) in [5.74, 6) is 1.60. The van der Waals surface area contributed by atoms with Crippen molar-refractivity contribution >= 4 is 5.78 Å². The van der Waals surface area contributed by atoms with Gasteiger partial charge < -0.3 is 0 Å². The van der Waals surface area contributed by atoms with Gasteiger partial charge in [0.05, 0.1) is 0 Å². The highest BCUT2D eigenvalue weighted by Gasteiger charge is 2.39. The van der Waals surface area contributed by atoms with Gasteiger partial charge in [0, 0.05) is 11.8 Å². The SMILES string of the molecule is CC(C)[C@@]1(C)CC[C@@H](C)CC1=O. The third kappa shape index (κ3) is 1.55. The van der Waals surface area contributed by atoms with Crippen molar-refractivity contribution in [3.8, 4) is 0 Å². The highest BCUT2D eigenvalue weighted by Crippen LogP contribution is 2.40. The van der Waals surface area contributed by atoms with Crippen molar-refractivity contribution in [3.05, 3.63) is 0 Å². The zero-order valence-electron chi connectivity index (χ0n) is 8.68. The zero-order valence-corrected chi connectivity index (χ0v) is 8.68. The molecule has 0 radical (unpaired) electrons. The van der Waals surface area contributed by atoms with Gasteiger partial charge in [-0.2, -0.15) is 0 Å². The van der Waals surface area contributed by atoms with Crippen LogP contribution in [0.1, 0.15) is 47.0 Å². The Hall–Kier alpha value is -0.330. The smallest absolute Gasteiger partial charge is 0.139 e. The average molecular weight is 168 g/mol. The molecule has 0 bridgehead atoms. The molecule has 0 amide bonds. The van der Waals surface area contributed by atoms with Crippen LogP contribution in [0.15, 0.2) is 0 Å². The van der Waals surface area contributed by atoms with E-state index >= 15 is 0 Å². The first-order valence-electron chi connectivity index (χ1n) is 5.00. The number of ketones is 1. The van der Waals surface area contributed by atoms with Crippen molar-refractivity contribution in [2.24, 2.45) is 17.3 Å². The summed E-state index contributed by atoms with van der Waals surface area (Å²) in [7, 11) is 0. The highest BCUT2D eigenvalue weighted by atomic mass is 16.1. The van der Waals surface area contributed by atoms with Crippen LogP contribution >= 0.6 is 0 Å². The van der Waals surface area contributed by atoms with Crippen LogP contribution < -0.4 is 0 Å². The molecule has 0 aliphatic heterocycles. The molecule has 70 valence electrons. The Morgan fingerprint density at radius 3 is 2.50 bits per heavy atom. The third-order valence-electron chi connectivity index (χ3n) is 3.60. The summed E-state index contributed by atoms with van der Waals surface area (Å²) in [5, 5.41) is 0. The molecule has 1 rings (SSSR count). The molecule has 1 nitrogen and oxygen atoms in total. The fourth-order valence-corrected chi connectivity index (χ4v) is 1.95. The van der Waals surface area contributed by atoms with Crippen molar-refractivity contribution in [2.45, 2.75) is 47.0 Å². The number of hydrogen-bond donors (Lipinski definition) is 0. The molecule has 1 saturated carbocycles. The van der Waals surface area contributed by atoms with Gasteiger partial charge in [-0.1, -0.05) is 27.7 Å². The predicted octanol–water partition coefficient (Wildman–Crippen LogP) is 3.04. The molecule has 12 heavy (non-hydrogen) atoms. The second-order valence-corrected chi connectivity index (χ2v) is 4.84. The fourth-order valence-electron chi connectivity index (χ4n) is 1.95. The third-order valence-corrected chi connectivity index (χ3v) is 3.60. The molecule has 0 saturated heterocycles. The Labute approximate surface area is 75.5 Å². The summed E-state index contributed by atoms with van der Waals surface area (Å²) in [6.07, 6.45) is 3.11. The number of rotatable bonds is 1. The van der Waals surface area contributed by atoms with Gasteiger partial charge in [0.25, 0.3) is 0 Å². The lowest BCUT2D eigenvalue weighted by Gasteiger charge is -2.38. The summed E-state index contributed by atoms with van der Waals surface area (Å²) in [5.41, 5.74) is -0.0213. The molecule has 1 fully saturated rings. The van der Waals surface area contributed by atoms with Crippen LogP contribution in [0.2, 0.25) is 0 Å². The molecule has 1 heteroatoms. The number of hydrogen-bond acceptors (Lipinski definition) is 1. The lowest BCUT2D eigenvalue weighted by atomic mass is 9.65. The van der Waals surface area contributed by atoms with Crippen LogP contribution in [0.5, 0.6) is 0 Å². The molecular formula is C11H20O. The predicted molar refractivity (Wildman–Crippen MR) is 51.0 cm³/mol. The van der Waals surface area contributed by atoms with Crippen LogP contribution in [0.25, 0.3) is 0 Å². The van der Waals surface area contributed by atoms with Gasteiger partial charge >= 0.3 is 0 Å². The van der Waals surface area contributed by atoms with Gasteiger partial charge in [0.15, 0.2) is 0 Å². The van der Waals surface area contributed by atoms with Gasteiger partial charge in [0.2, 0.25) is 0 Å². The lowest BCUT2D eigenvalue weighted by molar-refractivity contribution is -0.134. The van der Waals surface area contributed by atoms with Gasteiger partial charge in [-0.3, -0.25) is 4.79 Å². The fraction of sp³-hybridized carbons (Fsp3) is 0.909. The zero-order chi connectivity index (χ0) is 9.35. The van der Waals surface area contributed by atoms with E-state index in [1.807, 2.05) is 0 Å². The summed E-state index contributed by atoms with van der Waals surface area (Å²) in [4.78, 5) is 11.8. The molecule has 1 aliphatic carbocycles. The first-order chi connectivity index (χ1) is 5.47. The summed E-state index contributed by atoms with van der Waals surface area (Å²) in [6.45, 7) is 8.63. The summed E-state index contributed by atoms with van der Waals surface area (Å²) in [6, 6.07) is 0. The van der Waals surface area contributed by atoms with E-state index in [-0.39, 0.29) is 5.41 Å². The molecule has 0 aromatic heterocycles. The normalized spacial score (nSPS) is 37.4. The second-order valence-electron chi connectivity index (χ2n) is 4.84. The van der Waals surface area contributed by atoms with E-state index in [9.17, 15) is 4.79 Å². The van der Waals surface area contributed by atoms with E-state index in [2.05, 4.69) is 27.7 Å². The molecule has 0 spiro atoms. The maximum atomic E-state index is 11.8. The van der Waals surface area contributed by atoms with Crippen LogP contribution in [-0.4, -0.2) is 5.78 Å². The summed E-state index contributed by atoms with van der Waals surface area (Å²) >= 11 is 0. The second kappa shape index (κ2) is 3.20. The maximum absolute atomic E-state index is 11.8. The van der Waals surface area contributed by atoms with Crippen LogP contribution in [0, 0.1) is 17.3 Å². The quantitative estimate of drug-likeness (QED) is 0.588. The molecule has 0 heterocycles. The molecule has 0 N–H and O–H groups in total. The Morgan fingerprint density at radius 2 is 2.08 bits per heavy atom. The van der Waals surface area contributed by atoms with E-state index in [4.69, 9.17) is 0 Å². The monoisotopic (exact) mass is 168 g/mol. The highest BCUT2D eigenvalue weighted by molar-refractivity contribution is 5.85. The number of Topliss-reactive ketones (excluding diaryl/α,β-unsaturated/α-hetero) is 1. The lowest BCUT2D eigenvalue weighted by Crippen LogP contribution is -2.38. The van der Waals surface area contributed by atoms with E-state index in [1.54, 1.807) is 0 Å². The van der Waals surface area contributed by atoms with Crippen molar-refractivity contribution in [2.75, 3.05) is 0 Å². The molecule has 0 aromatic rings. The Balaban J connectivity index is 2.73. The van der Waals surface area contributed by atoms with Crippen LogP contribution in [0.3, 0.4) is 0 Å². The van der Waals surface area contributed by atoms with Crippen molar-refractivity contribution in [1.82, 2.24) is 0 Å². The van der Waals surface area contributed by atoms with Crippen molar-refractivity contribution < 1.29 is 4.79 Å². The van der Waals surface area contributed by atoms with Gasteiger partial charge in [-0.25, -0.2) is 0 Å². The van der Waals surface area contributed by atoms with Crippen LogP contribution in [0.4, 0.5) is 0 Å². The first kappa shape index (κ1) is 9.76. The van der Waals surface area contributed by atoms with Gasteiger partial charge in [-0.15, -0.1) is 0 Å². The minimum Gasteiger partial charge on any atom is -0.299 e. The van der Waals surface area contributed by atoms with Gasteiger partial charge in [0.1, 0.15) is 5.78 Å². The Kier molecular flexibility index (Phi) is 2.60. The van der Waals surface area contributed by atoms with E-state index in [1.165, 1.54) is 6.42 Å². The topological polar surface area (TPSA) is 17.1 Å². The summed E-state index contributed by atoms with van der Waals surface area (Å²) < 4.78 is 0. The van der Waals surface area contributed by atoms with E-state index in [0.29, 0.717) is 17.6 Å². The Bertz CT molecular complexity index is 183. The van der Waals surface area contributed by atoms with Crippen LogP contribution in [-0.2, 0) is 4.79 Å².